The molecular formula is C12H15NOS3. The summed E-state index contributed by atoms with van der Waals surface area (Å²) in [6.45, 7) is 3.26. The van der Waals surface area contributed by atoms with E-state index in [0.29, 0.717) is 5.37 Å². The number of thioether (sulfide) groups is 2. The van der Waals surface area contributed by atoms with E-state index >= 15 is 0 Å². The molecule has 0 saturated carbocycles. The first kappa shape index (κ1) is 13.1. The molecule has 1 aromatic carbocycles. The van der Waals surface area contributed by atoms with Crippen LogP contribution in [0, 0.1) is 0 Å². The normalized spacial score (nSPS) is 17.3. The first-order valence-electron chi connectivity index (χ1n) is 5.45. The molecule has 1 atom stereocenters. The molecule has 1 aliphatic heterocycles. The number of benzene rings is 1. The van der Waals surface area contributed by atoms with E-state index in [9.17, 15) is 0 Å². The predicted octanol–water partition coefficient (Wildman–Crippen LogP) is 3.47. The van der Waals surface area contributed by atoms with E-state index in [1.807, 2.05) is 23.9 Å². The van der Waals surface area contributed by atoms with E-state index in [2.05, 4.69) is 24.0 Å². The van der Waals surface area contributed by atoms with Gasteiger partial charge in [0.15, 0.2) is 0 Å². The van der Waals surface area contributed by atoms with Gasteiger partial charge in [0, 0.05) is 17.2 Å². The fourth-order valence-electron chi connectivity index (χ4n) is 1.65. The van der Waals surface area contributed by atoms with Crippen LogP contribution in [0.4, 0.5) is 0 Å². The van der Waals surface area contributed by atoms with Crippen LogP contribution >= 0.6 is 35.7 Å². The molecule has 0 radical (unpaired) electrons. The van der Waals surface area contributed by atoms with Crippen LogP contribution in [0.2, 0.25) is 0 Å². The first-order chi connectivity index (χ1) is 8.20. The molecule has 0 spiro atoms. The number of hydrogen-bond donors (Lipinski definition) is 0. The molecule has 2 rings (SSSR count). The zero-order valence-electron chi connectivity index (χ0n) is 9.88. The SMILES string of the molecule is COc1ccc(SC(C)N2CCSC2=S)cc1. The zero-order valence-corrected chi connectivity index (χ0v) is 12.3. The van der Waals surface area contributed by atoms with E-state index in [1.54, 1.807) is 18.9 Å². The van der Waals surface area contributed by atoms with Crippen LogP contribution in [0.3, 0.4) is 0 Å². The van der Waals surface area contributed by atoms with Crippen LogP contribution in [0.5, 0.6) is 5.75 Å². The average molecular weight is 285 g/mol. The van der Waals surface area contributed by atoms with Gasteiger partial charge in [-0.15, -0.1) is 11.8 Å². The maximum absolute atomic E-state index is 5.33. The van der Waals surface area contributed by atoms with Crippen molar-refractivity contribution in [1.29, 1.82) is 0 Å². The topological polar surface area (TPSA) is 12.5 Å². The summed E-state index contributed by atoms with van der Waals surface area (Å²) in [7, 11) is 1.69. The Morgan fingerprint density at radius 1 is 1.41 bits per heavy atom. The van der Waals surface area contributed by atoms with Crippen LogP contribution in [-0.2, 0) is 0 Å². The van der Waals surface area contributed by atoms with Gasteiger partial charge in [-0.3, -0.25) is 0 Å². The van der Waals surface area contributed by atoms with Crippen molar-refractivity contribution in [3.05, 3.63) is 24.3 Å². The Labute approximate surface area is 116 Å². The van der Waals surface area contributed by atoms with Crippen molar-refractivity contribution in [2.75, 3.05) is 19.4 Å². The molecule has 0 aromatic heterocycles. The minimum Gasteiger partial charge on any atom is -0.497 e. The van der Waals surface area contributed by atoms with Crippen LogP contribution in [-0.4, -0.2) is 34.0 Å². The minimum atomic E-state index is 0.394. The van der Waals surface area contributed by atoms with Gasteiger partial charge < -0.3 is 9.64 Å². The minimum absolute atomic E-state index is 0.394. The molecule has 5 heteroatoms. The van der Waals surface area contributed by atoms with Crippen molar-refractivity contribution in [2.45, 2.75) is 17.2 Å². The molecule has 0 aliphatic carbocycles. The van der Waals surface area contributed by atoms with Crippen LogP contribution in [0.25, 0.3) is 0 Å². The van der Waals surface area contributed by atoms with Crippen LogP contribution in [0.1, 0.15) is 6.92 Å². The van der Waals surface area contributed by atoms with Crippen molar-refractivity contribution < 1.29 is 4.74 Å². The number of thiocarbonyl (C=S) groups is 1. The van der Waals surface area contributed by atoms with Crippen molar-refractivity contribution in [3.8, 4) is 5.75 Å². The van der Waals surface area contributed by atoms with Gasteiger partial charge in [0.1, 0.15) is 10.1 Å². The summed E-state index contributed by atoms with van der Waals surface area (Å²) in [5.41, 5.74) is 0. The van der Waals surface area contributed by atoms with E-state index in [1.165, 1.54) is 4.90 Å². The smallest absolute Gasteiger partial charge is 0.137 e. The third kappa shape index (κ3) is 3.30. The Bertz CT molecular complexity index is 393. The van der Waals surface area contributed by atoms with E-state index in [4.69, 9.17) is 17.0 Å². The zero-order chi connectivity index (χ0) is 12.3. The Morgan fingerprint density at radius 2 is 2.12 bits per heavy atom. The molecule has 1 heterocycles. The molecule has 0 N–H and O–H groups in total. The summed E-state index contributed by atoms with van der Waals surface area (Å²) >= 11 is 8.94. The Kier molecular flexibility index (Phi) is 4.59. The van der Waals surface area contributed by atoms with Crippen LogP contribution in [0.15, 0.2) is 29.2 Å². The quantitative estimate of drug-likeness (QED) is 0.618. The standard InChI is InChI=1S/C12H15NOS3/c1-9(13-7-8-16-12(13)15)17-11-5-3-10(14-2)4-6-11/h3-6,9H,7-8H2,1-2H3. The van der Waals surface area contributed by atoms with Gasteiger partial charge in [0.25, 0.3) is 0 Å². The average Bonchev–Trinajstić information content (AvgIpc) is 2.76. The van der Waals surface area contributed by atoms with E-state index in [0.717, 1.165) is 22.4 Å². The van der Waals surface area contributed by atoms with Gasteiger partial charge in [-0.2, -0.15) is 0 Å². The molecule has 92 valence electrons. The maximum Gasteiger partial charge on any atom is 0.137 e. The monoisotopic (exact) mass is 285 g/mol. The number of methoxy groups -OCH3 is 1. The van der Waals surface area contributed by atoms with Crippen LogP contribution < -0.4 is 4.74 Å². The highest BCUT2D eigenvalue weighted by Crippen LogP contribution is 2.31. The molecule has 1 unspecified atom stereocenters. The second kappa shape index (κ2) is 5.98. The van der Waals surface area contributed by atoms with Crippen molar-refractivity contribution in [2.24, 2.45) is 0 Å². The second-order valence-corrected chi connectivity index (χ2v) is 6.82. The fourth-order valence-corrected chi connectivity index (χ4v) is 4.19. The lowest BCUT2D eigenvalue weighted by atomic mass is 10.3. The number of ether oxygens (including phenoxy) is 1. The number of hydrogen-bond acceptors (Lipinski definition) is 4. The lowest BCUT2D eigenvalue weighted by Gasteiger charge is -2.24. The third-order valence-corrected chi connectivity index (χ3v) is 5.19. The third-order valence-electron chi connectivity index (χ3n) is 2.60. The van der Waals surface area contributed by atoms with Crippen molar-refractivity contribution in [1.82, 2.24) is 4.90 Å². The Morgan fingerprint density at radius 3 is 2.65 bits per heavy atom. The molecule has 17 heavy (non-hydrogen) atoms. The molecule has 0 amide bonds. The molecule has 1 aliphatic rings. The second-order valence-electron chi connectivity index (χ2n) is 3.70. The molecule has 0 bridgehead atoms. The molecule has 1 aromatic rings. The van der Waals surface area contributed by atoms with Gasteiger partial charge in [0.2, 0.25) is 0 Å². The molecular weight excluding hydrogens is 270 g/mol. The highest BCUT2D eigenvalue weighted by Gasteiger charge is 2.23. The summed E-state index contributed by atoms with van der Waals surface area (Å²) in [5.74, 6) is 2.01. The van der Waals surface area contributed by atoms with Gasteiger partial charge in [0.05, 0.1) is 12.5 Å². The van der Waals surface area contributed by atoms with E-state index < -0.39 is 0 Å². The summed E-state index contributed by atoms with van der Waals surface area (Å²) < 4.78 is 6.17. The maximum atomic E-state index is 5.33. The van der Waals surface area contributed by atoms with Crippen molar-refractivity contribution in [3.63, 3.8) is 0 Å². The van der Waals surface area contributed by atoms with Gasteiger partial charge in [-0.25, -0.2) is 0 Å². The molecule has 1 fully saturated rings. The Hall–Kier alpha value is -0.390. The number of nitrogens with zero attached hydrogens (tertiary/aromatic N) is 1. The van der Waals surface area contributed by atoms with Crippen molar-refractivity contribution >= 4 is 40.1 Å². The molecule has 1 saturated heterocycles. The predicted molar refractivity (Wildman–Crippen MR) is 80.1 cm³/mol. The van der Waals surface area contributed by atoms with Gasteiger partial charge in [-0.1, -0.05) is 24.0 Å². The number of rotatable bonds is 4. The van der Waals surface area contributed by atoms with Gasteiger partial charge >= 0.3 is 0 Å². The largest absolute Gasteiger partial charge is 0.497 e. The highest BCUT2D eigenvalue weighted by molar-refractivity contribution is 8.23. The van der Waals surface area contributed by atoms with Gasteiger partial charge in [-0.05, 0) is 31.2 Å². The molecule has 2 nitrogen and oxygen atoms in total. The first-order valence-corrected chi connectivity index (χ1v) is 7.72. The fraction of sp³-hybridized carbons (Fsp3) is 0.417. The Balaban J connectivity index is 1.97. The highest BCUT2D eigenvalue weighted by atomic mass is 32.2. The summed E-state index contributed by atoms with van der Waals surface area (Å²) in [5, 5.41) is 0.394. The summed E-state index contributed by atoms with van der Waals surface area (Å²) in [4.78, 5) is 3.53. The summed E-state index contributed by atoms with van der Waals surface area (Å²) in [6, 6.07) is 8.16. The summed E-state index contributed by atoms with van der Waals surface area (Å²) in [6.07, 6.45) is 0. The lowest BCUT2D eigenvalue weighted by Crippen LogP contribution is -2.30. The van der Waals surface area contributed by atoms with E-state index in [-0.39, 0.29) is 0 Å². The lowest BCUT2D eigenvalue weighted by molar-refractivity contribution is 0.414.